The lowest BCUT2D eigenvalue weighted by molar-refractivity contribution is -0.680. The lowest BCUT2D eigenvalue weighted by Gasteiger charge is -1.96. The standard InChI is InChI=1S/C13H14N3O.BrH/c14-9-10-3-4-11-12(8-10)15-5-1-2-13(15)16(11)6-7-17;/h3-4,8,17H,1-2,5-7H2;1H/q+1;/p-1. The molecule has 18 heavy (non-hydrogen) atoms. The van der Waals surface area contributed by atoms with Crippen LogP contribution in [0.1, 0.15) is 17.8 Å². The first-order valence-electron chi connectivity index (χ1n) is 5.91. The zero-order valence-corrected chi connectivity index (χ0v) is 11.5. The highest BCUT2D eigenvalue weighted by atomic mass is 79.9. The number of aliphatic hydroxyl groups is 1. The summed E-state index contributed by atoms with van der Waals surface area (Å²) in [6.07, 6.45) is 2.20. The van der Waals surface area contributed by atoms with Gasteiger partial charge in [0, 0.05) is 6.07 Å². The maximum Gasteiger partial charge on any atom is 0.257 e. The van der Waals surface area contributed by atoms with E-state index in [1.54, 1.807) is 0 Å². The zero-order valence-electron chi connectivity index (χ0n) is 9.93. The first kappa shape index (κ1) is 13.1. The molecule has 3 rings (SSSR count). The summed E-state index contributed by atoms with van der Waals surface area (Å²) in [6.45, 7) is 1.79. The molecule has 4 nitrogen and oxygen atoms in total. The molecule has 1 aliphatic rings. The van der Waals surface area contributed by atoms with Gasteiger partial charge in [0.2, 0.25) is 0 Å². The molecular weight excluding hydrogens is 294 g/mol. The van der Waals surface area contributed by atoms with Gasteiger partial charge in [0.05, 0.1) is 31.2 Å². The van der Waals surface area contributed by atoms with Gasteiger partial charge in [-0.05, 0) is 18.6 Å². The summed E-state index contributed by atoms with van der Waals surface area (Å²) < 4.78 is 4.44. The van der Waals surface area contributed by atoms with E-state index < -0.39 is 0 Å². The highest BCUT2D eigenvalue weighted by molar-refractivity contribution is 5.74. The quantitative estimate of drug-likeness (QED) is 0.637. The van der Waals surface area contributed by atoms with Crippen LogP contribution in [0.5, 0.6) is 0 Å². The number of aryl methyl sites for hydroxylation is 1. The Balaban J connectivity index is 0.00000120. The molecule has 5 heteroatoms. The number of fused-ring (bicyclic) bond motifs is 3. The van der Waals surface area contributed by atoms with Crippen molar-refractivity contribution >= 4 is 11.0 Å². The molecule has 2 heterocycles. The molecule has 94 valence electrons. The monoisotopic (exact) mass is 307 g/mol. The molecule has 1 aromatic heterocycles. The second kappa shape index (κ2) is 5.09. The van der Waals surface area contributed by atoms with E-state index in [9.17, 15) is 0 Å². The number of halogens is 1. The van der Waals surface area contributed by atoms with E-state index in [2.05, 4.69) is 15.2 Å². The summed E-state index contributed by atoms with van der Waals surface area (Å²) in [6, 6.07) is 7.94. The van der Waals surface area contributed by atoms with Crippen molar-refractivity contribution in [3.63, 3.8) is 0 Å². The largest absolute Gasteiger partial charge is 1.00 e. The van der Waals surface area contributed by atoms with Crippen LogP contribution in [0.2, 0.25) is 0 Å². The summed E-state index contributed by atoms with van der Waals surface area (Å²) in [7, 11) is 0. The predicted octanol–water partition coefficient (Wildman–Crippen LogP) is -2.26. The Hall–Kier alpha value is -1.38. The van der Waals surface area contributed by atoms with E-state index in [0.29, 0.717) is 12.1 Å². The van der Waals surface area contributed by atoms with Gasteiger partial charge in [0.25, 0.3) is 5.82 Å². The molecule has 2 aromatic rings. The Morgan fingerprint density at radius 3 is 3.00 bits per heavy atom. The van der Waals surface area contributed by atoms with Gasteiger partial charge in [-0.1, -0.05) is 0 Å². The van der Waals surface area contributed by atoms with E-state index in [4.69, 9.17) is 10.4 Å². The van der Waals surface area contributed by atoms with E-state index in [1.165, 1.54) is 5.82 Å². The fraction of sp³-hybridized carbons (Fsp3) is 0.385. The van der Waals surface area contributed by atoms with Gasteiger partial charge in [0.15, 0.2) is 11.0 Å². The average Bonchev–Trinajstić information content (AvgIpc) is 2.92. The first-order valence-corrected chi connectivity index (χ1v) is 5.91. The Bertz CT molecular complexity index is 627. The van der Waals surface area contributed by atoms with Crippen LogP contribution in [0.15, 0.2) is 18.2 Å². The van der Waals surface area contributed by atoms with E-state index in [0.717, 1.165) is 30.4 Å². The minimum atomic E-state index is 0. The van der Waals surface area contributed by atoms with E-state index >= 15 is 0 Å². The molecule has 0 spiro atoms. The average molecular weight is 308 g/mol. The van der Waals surface area contributed by atoms with Crippen molar-refractivity contribution in [2.24, 2.45) is 0 Å². The minimum Gasteiger partial charge on any atom is -1.00 e. The number of hydrogen-bond acceptors (Lipinski definition) is 2. The lowest BCUT2D eigenvalue weighted by atomic mass is 10.2. The van der Waals surface area contributed by atoms with Crippen LogP contribution in [0.25, 0.3) is 11.0 Å². The van der Waals surface area contributed by atoms with Crippen molar-refractivity contribution in [3.05, 3.63) is 29.6 Å². The molecule has 0 unspecified atom stereocenters. The van der Waals surface area contributed by atoms with E-state index in [1.807, 2.05) is 18.2 Å². The fourth-order valence-electron chi connectivity index (χ4n) is 2.73. The smallest absolute Gasteiger partial charge is 0.257 e. The molecule has 1 N–H and O–H groups in total. The van der Waals surface area contributed by atoms with Crippen molar-refractivity contribution in [1.82, 2.24) is 4.57 Å². The normalized spacial score (nSPS) is 13.1. The van der Waals surface area contributed by atoms with Gasteiger partial charge in [-0.25, -0.2) is 9.13 Å². The SMILES string of the molecule is N#Cc1ccc2c(c1)n1c([n+]2CCO)CCC1.[Br-]. The molecule has 0 radical (unpaired) electrons. The van der Waals surface area contributed by atoms with Crippen molar-refractivity contribution < 1.29 is 26.7 Å². The highest BCUT2D eigenvalue weighted by Gasteiger charge is 2.28. The summed E-state index contributed by atoms with van der Waals surface area (Å²) in [5.41, 5.74) is 2.93. The Morgan fingerprint density at radius 1 is 1.44 bits per heavy atom. The molecule has 0 bridgehead atoms. The summed E-state index contributed by atoms with van der Waals surface area (Å²) >= 11 is 0. The van der Waals surface area contributed by atoms with Crippen molar-refractivity contribution in [3.8, 4) is 6.07 Å². The van der Waals surface area contributed by atoms with Crippen molar-refractivity contribution in [2.75, 3.05) is 6.61 Å². The third kappa shape index (κ3) is 1.82. The van der Waals surface area contributed by atoms with Crippen LogP contribution in [0, 0.1) is 11.3 Å². The number of benzene rings is 1. The molecule has 0 fully saturated rings. The minimum absolute atomic E-state index is 0. The van der Waals surface area contributed by atoms with Gasteiger partial charge in [-0.3, -0.25) is 0 Å². The topological polar surface area (TPSA) is 52.8 Å². The second-order valence-electron chi connectivity index (χ2n) is 4.36. The molecule has 0 saturated heterocycles. The lowest BCUT2D eigenvalue weighted by Crippen LogP contribution is -3.00. The number of nitrogens with zero attached hydrogens (tertiary/aromatic N) is 3. The Morgan fingerprint density at radius 2 is 2.28 bits per heavy atom. The van der Waals surface area contributed by atoms with Gasteiger partial charge < -0.3 is 22.1 Å². The molecule has 0 atom stereocenters. The summed E-state index contributed by atoms with van der Waals surface area (Å²) in [5.74, 6) is 1.27. The fourth-order valence-corrected chi connectivity index (χ4v) is 2.73. The molecule has 0 amide bonds. The van der Waals surface area contributed by atoms with Crippen molar-refractivity contribution in [1.29, 1.82) is 5.26 Å². The van der Waals surface area contributed by atoms with Crippen LogP contribution in [0.3, 0.4) is 0 Å². The number of hydrogen-bond donors (Lipinski definition) is 1. The van der Waals surface area contributed by atoms with Crippen molar-refractivity contribution in [2.45, 2.75) is 25.9 Å². The molecular formula is C13H14BrN3O. The number of imidazole rings is 1. The molecule has 0 saturated carbocycles. The Labute approximate surface area is 116 Å². The van der Waals surface area contributed by atoms with E-state index in [-0.39, 0.29) is 23.6 Å². The molecule has 1 aliphatic heterocycles. The Kier molecular flexibility index (Phi) is 3.69. The van der Waals surface area contributed by atoms with Gasteiger partial charge in [0.1, 0.15) is 6.54 Å². The zero-order chi connectivity index (χ0) is 11.8. The van der Waals surface area contributed by atoms with Crippen LogP contribution >= 0.6 is 0 Å². The maximum absolute atomic E-state index is 9.15. The number of rotatable bonds is 2. The number of aromatic nitrogens is 2. The van der Waals surface area contributed by atoms with Crippen LogP contribution in [-0.2, 0) is 19.5 Å². The highest BCUT2D eigenvalue weighted by Crippen LogP contribution is 2.22. The predicted molar refractivity (Wildman–Crippen MR) is 62.3 cm³/mol. The van der Waals surface area contributed by atoms with Gasteiger partial charge >= 0.3 is 0 Å². The van der Waals surface area contributed by atoms with Crippen LogP contribution in [-0.4, -0.2) is 16.3 Å². The maximum atomic E-state index is 9.15. The molecule has 0 aliphatic carbocycles. The second-order valence-corrected chi connectivity index (χ2v) is 4.36. The third-order valence-electron chi connectivity index (χ3n) is 3.41. The van der Waals surface area contributed by atoms with Crippen LogP contribution in [0.4, 0.5) is 0 Å². The first-order chi connectivity index (χ1) is 8.35. The van der Waals surface area contributed by atoms with Crippen LogP contribution < -0.4 is 21.5 Å². The van der Waals surface area contributed by atoms with Gasteiger partial charge in [-0.2, -0.15) is 5.26 Å². The van der Waals surface area contributed by atoms with Gasteiger partial charge in [-0.15, -0.1) is 0 Å². The summed E-state index contributed by atoms with van der Waals surface area (Å²) in [5, 5.41) is 18.1. The number of nitriles is 1. The summed E-state index contributed by atoms with van der Waals surface area (Å²) in [4.78, 5) is 0. The third-order valence-corrected chi connectivity index (χ3v) is 3.41. The molecule has 1 aromatic carbocycles. The number of aliphatic hydroxyl groups excluding tert-OH is 1.